The van der Waals surface area contributed by atoms with Crippen LogP contribution in [0.2, 0.25) is 0 Å². The van der Waals surface area contributed by atoms with Crippen molar-refractivity contribution in [2.45, 2.75) is 71.5 Å². The number of nitrogens with zero attached hydrogens (tertiary/aromatic N) is 3. The smallest absolute Gasteiger partial charge is 0.245 e. The number of hydrogen-bond acceptors (Lipinski definition) is 4. The van der Waals surface area contributed by atoms with E-state index in [1.54, 1.807) is 0 Å². The van der Waals surface area contributed by atoms with Gasteiger partial charge in [0.05, 0.1) is 0 Å². The van der Waals surface area contributed by atoms with Crippen LogP contribution in [0.1, 0.15) is 59.8 Å². The van der Waals surface area contributed by atoms with Gasteiger partial charge in [0.1, 0.15) is 12.2 Å². The Hall–Kier alpha value is -0.990. The van der Waals surface area contributed by atoms with Crippen LogP contribution in [0.5, 0.6) is 0 Å². The van der Waals surface area contributed by atoms with E-state index in [2.05, 4.69) is 48.1 Å². The van der Waals surface area contributed by atoms with Gasteiger partial charge in [-0.15, -0.1) is 0 Å². The average molecular weight is 414 g/mol. The zero-order valence-electron chi connectivity index (χ0n) is 17.2. The lowest BCUT2D eigenvalue weighted by molar-refractivity contribution is -0.120. The summed E-state index contributed by atoms with van der Waals surface area (Å²) in [5.74, 6) is -0.0464. The Bertz CT molecular complexity index is 558. The molecule has 0 aromatic rings. The molecule has 1 amide bonds. The summed E-state index contributed by atoms with van der Waals surface area (Å²) in [6, 6.07) is 0.124. The van der Waals surface area contributed by atoms with Crippen molar-refractivity contribution in [3.05, 3.63) is 0 Å². The maximum atomic E-state index is 11.9. The molecule has 8 heteroatoms. The fourth-order valence-corrected chi connectivity index (χ4v) is 4.82. The highest BCUT2D eigenvalue weighted by Crippen LogP contribution is 2.30. The van der Waals surface area contributed by atoms with Crippen molar-refractivity contribution in [2.75, 3.05) is 32.7 Å². The van der Waals surface area contributed by atoms with Gasteiger partial charge in [0.2, 0.25) is 5.91 Å². The molecule has 2 atom stereocenters. The molecule has 0 spiro atoms. The quantitative estimate of drug-likeness (QED) is 0.468. The number of nitrogens with one attached hydrogen (secondary N) is 2. The molecule has 0 radical (unpaired) electrons. The topological polar surface area (TPSA) is 50.9 Å². The number of piperazine rings is 1. The second-order valence-corrected chi connectivity index (χ2v) is 8.44. The third-order valence-electron chi connectivity index (χ3n) is 5.77. The first-order valence-corrected chi connectivity index (χ1v) is 11.1. The summed E-state index contributed by atoms with van der Waals surface area (Å²) >= 11 is 11.5. The number of thiocarbonyl (C=S) groups is 2. The average Bonchev–Trinajstić information content (AvgIpc) is 2.98. The van der Waals surface area contributed by atoms with Crippen molar-refractivity contribution in [1.82, 2.24) is 25.3 Å². The maximum absolute atomic E-state index is 11.9. The molecule has 0 aromatic carbocycles. The van der Waals surface area contributed by atoms with Gasteiger partial charge in [-0.05, 0) is 51.1 Å². The van der Waals surface area contributed by atoms with Crippen LogP contribution in [0.3, 0.4) is 0 Å². The van der Waals surface area contributed by atoms with E-state index in [-0.39, 0.29) is 18.5 Å². The molecule has 6 nitrogen and oxygen atoms in total. The summed E-state index contributed by atoms with van der Waals surface area (Å²) in [5.41, 5.74) is -0.471. The molecule has 2 heterocycles. The number of unbranched alkanes of at least 4 members (excludes halogenated alkanes) is 3. The molecule has 0 aromatic heterocycles. The third kappa shape index (κ3) is 4.90. The van der Waals surface area contributed by atoms with E-state index >= 15 is 0 Å². The summed E-state index contributed by atoms with van der Waals surface area (Å²) in [7, 11) is 0. The van der Waals surface area contributed by atoms with Gasteiger partial charge in [0.25, 0.3) is 0 Å². The lowest BCUT2D eigenvalue weighted by Crippen LogP contribution is -2.74. The van der Waals surface area contributed by atoms with Crippen molar-refractivity contribution < 1.29 is 4.79 Å². The molecule has 2 N–H and O–H groups in total. The molecule has 0 bridgehead atoms. The first-order chi connectivity index (χ1) is 12.9. The monoisotopic (exact) mass is 413 g/mol. The predicted molar refractivity (Wildman–Crippen MR) is 119 cm³/mol. The Labute approximate surface area is 175 Å². The van der Waals surface area contributed by atoms with Gasteiger partial charge in [-0.25, -0.2) is 0 Å². The molecule has 27 heavy (non-hydrogen) atoms. The van der Waals surface area contributed by atoms with Crippen LogP contribution in [-0.2, 0) is 4.79 Å². The summed E-state index contributed by atoms with van der Waals surface area (Å²) in [5, 5.41) is 7.70. The van der Waals surface area contributed by atoms with Crippen LogP contribution in [0.25, 0.3) is 0 Å². The van der Waals surface area contributed by atoms with Crippen molar-refractivity contribution in [1.29, 1.82) is 0 Å². The van der Waals surface area contributed by atoms with Gasteiger partial charge in [0.15, 0.2) is 10.2 Å². The lowest BCUT2D eigenvalue weighted by Gasteiger charge is -2.55. The zero-order valence-corrected chi connectivity index (χ0v) is 18.8. The second-order valence-electron chi connectivity index (χ2n) is 7.69. The minimum Gasteiger partial charge on any atom is -0.349 e. The molecular weight excluding hydrogens is 378 g/mol. The van der Waals surface area contributed by atoms with Gasteiger partial charge in [-0.3, -0.25) is 4.79 Å². The number of amides is 1. The van der Waals surface area contributed by atoms with Gasteiger partial charge < -0.3 is 25.3 Å². The van der Waals surface area contributed by atoms with Gasteiger partial charge >= 0.3 is 0 Å². The minimum absolute atomic E-state index is 0.0464. The van der Waals surface area contributed by atoms with E-state index in [4.69, 9.17) is 24.4 Å². The summed E-state index contributed by atoms with van der Waals surface area (Å²) in [6.45, 7) is 12.6. The van der Waals surface area contributed by atoms with Crippen LogP contribution in [0.15, 0.2) is 0 Å². The molecule has 2 saturated heterocycles. The Morgan fingerprint density at radius 1 is 1.26 bits per heavy atom. The Balaban J connectivity index is 2.21. The van der Waals surface area contributed by atoms with E-state index in [9.17, 15) is 4.79 Å². The molecule has 2 unspecified atom stereocenters. The zero-order chi connectivity index (χ0) is 20.0. The van der Waals surface area contributed by atoms with Crippen molar-refractivity contribution >= 4 is 40.6 Å². The fraction of sp³-hybridized carbons (Fsp3) is 0.842. The molecular formula is C19H35N5OS2. The number of carbonyl (C=O) groups is 1. The Morgan fingerprint density at radius 2 is 2.00 bits per heavy atom. The molecule has 0 aliphatic carbocycles. The predicted octanol–water partition coefficient (Wildman–Crippen LogP) is 2.29. The molecule has 2 fully saturated rings. The Kier molecular flexibility index (Phi) is 8.24. The first kappa shape index (κ1) is 22.3. The number of hydrogen-bond donors (Lipinski definition) is 2. The SMILES string of the molecule is CCCCCCN(CCC)C(=S)N1CCNC(C)C1(C)N1CC(=O)NC1=S. The van der Waals surface area contributed by atoms with Crippen LogP contribution in [-0.4, -0.2) is 75.3 Å². The number of rotatable bonds is 8. The lowest BCUT2D eigenvalue weighted by atomic mass is 9.97. The summed E-state index contributed by atoms with van der Waals surface area (Å²) in [6.07, 6.45) is 5.97. The summed E-state index contributed by atoms with van der Waals surface area (Å²) in [4.78, 5) is 18.6. The van der Waals surface area contributed by atoms with Crippen molar-refractivity contribution in [3.63, 3.8) is 0 Å². The minimum atomic E-state index is -0.471. The normalized spacial score (nSPS) is 25.7. The van der Waals surface area contributed by atoms with E-state index in [1.807, 2.05) is 4.90 Å². The summed E-state index contributed by atoms with van der Waals surface area (Å²) < 4.78 is 0. The van der Waals surface area contributed by atoms with Crippen molar-refractivity contribution in [2.24, 2.45) is 0 Å². The van der Waals surface area contributed by atoms with Crippen molar-refractivity contribution in [3.8, 4) is 0 Å². The first-order valence-electron chi connectivity index (χ1n) is 10.3. The van der Waals surface area contributed by atoms with Gasteiger partial charge in [0, 0.05) is 32.2 Å². The molecule has 2 aliphatic rings. The van der Waals surface area contributed by atoms with Crippen LogP contribution in [0.4, 0.5) is 0 Å². The Morgan fingerprint density at radius 3 is 2.59 bits per heavy atom. The van der Waals surface area contributed by atoms with Crippen LogP contribution in [0, 0.1) is 0 Å². The molecule has 0 saturated carbocycles. The highest BCUT2D eigenvalue weighted by Gasteiger charge is 2.50. The largest absolute Gasteiger partial charge is 0.349 e. The highest BCUT2D eigenvalue weighted by molar-refractivity contribution is 7.80. The highest BCUT2D eigenvalue weighted by atomic mass is 32.1. The van der Waals surface area contributed by atoms with Gasteiger partial charge in [-0.1, -0.05) is 33.1 Å². The fourth-order valence-electron chi connectivity index (χ4n) is 4.00. The van der Waals surface area contributed by atoms with E-state index in [1.165, 1.54) is 19.3 Å². The number of carbonyl (C=O) groups excluding carboxylic acids is 1. The molecule has 2 aliphatic heterocycles. The maximum Gasteiger partial charge on any atom is 0.245 e. The second kappa shape index (κ2) is 9.98. The standard InChI is InChI=1S/C19H35N5OS2/c1-5-7-8-9-12-22(11-6-2)18(27)23-13-10-20-15(3)19(23,4)24-14-16(25)21-17(24)26/h15,20H,5-14H2,1-4H3,(H,21,25,26). The van der Waals surface area contributed by atoms with Crippen LogP contribution >= 0.6 is 24.4 Å². The van der Waals surface area contributed by atoms with Crippen LogP contribution < -0.4 is 10.6 Å². The molecule has 2 rings (SSSR count). The van der Waals surface area contributed by atoms with E-state index in [0.29, 0.717) is 5.11 Å². The van der Waals surface area contributed by atoms with E-state index < -0.39 is 5.66 Å². The molecule has 154 valence electrons. The van der Waals surface area contributed by atoms with E-state index in [0.717, 1.165) is 44.1 Å². The van der Waals surface area contributed by atoms with Gasteiger partial charge in [-0.2, -0.15) is 0 Å². The third-order valence-corrected chi connectivity index (χ3v) is 6.57.